The van der Waals surface area contributed by atoms with Gasteiger partial charge in [0.25, 0.3) is 0 Å². The normalized spacial score (nSPS) is 12.6. The summed E-state index contributed by atoms with van der Waals surface area (Å²) in [7, 11) is 0. The van der Waals surface area contributed by atoms with Crippen molar-refractivity contribution < 1.29 is 4.42 Å². The third-order valence-electron chi connectivity index (χ3n) is 23.6. The second-order valence-corrected chi connectivity index (χ2v) is 30.1. The summed E-state index contributed by atoms with van der Waals surface area (Å²) in [6.07, 6.45) is 0. The Bertz CT molecular complexity index is 8500. The van der Waals surface area contributed by atoms with Crippen LogP contribution < -0.4 is 0 Å². The van der Waals surface area contributed by atoms with E-state index in [4.69, 9.17) is 24.4 Å². The van der Waals surface area contributed by atoms with Crippen molar-refractivity contribution in [3.8, 4) is 56.7 Å². The van der Waals surface area contributed by atoms with E-state index in [0.29, 0.717) is 17.6 Å². The molecule has 0 saturated carbocycles. The maximum Gasteiger partial charge on any atom is 0.238 e. The summed E-state index contributed by atoms with van der Waals surface area (Å²) >= 11 is 1.73. The van der Waals surface area contributed by atoms with Crippen LogP contribution in [0.15, 0.2) is 320 Å². The molecule has 10 aromatic heterocycles. The Labute approximate surface area is 616 Å². The summed E-state index contributed by atoms with van der Waals surface area (Å²) in [6, 6.07) is 115. The number of para-hydroxylation sites is 4. The molecule has 0 aliphatic rings. The van der Waals surface area contributed by atoms with Crippen molar-refractivity contribution in [1.29, 1.82) is 0 Å². The Balaban J connectivity index is 0.682. The van der Waals surface area contributed by atoms with Crippen LogP contribution in [0.5, 0.6) is 0 Å². The zero-order chi connectivity index (χ0) is 69.9. The molecule has 26 rings (SSSR count). The molecule has 9 nitrogen and oxygen atoms in total. The molecule has 0 bridgehead atoms. The molecule has 0 N–H and O–H groups in total. The first-order chi connectivity index (χ1) is 53.6. The second-order valence-electron chi connectivity index (χ2n) is 29.1. The molecule has 0 atom stereocenters. The van der Waals surface area contributed by atoms with Crippen LogP contribution in [0.4, 0.5) is 0 Å². The van der Waals surface area contributed by atoms with Crippen molar-refractivity contribution in [1.82, 2.24) is 37.9 Å². The summed E-state index contributed by atoms with van der Waals surface area (Å²) in [5.41, 5.74) is 20.7. The van der Waals surface area contributed by atoms with Crippen molar-refractivity contribution >= 4 is 206 Å². The van der Waals surface area contributed by atoms with Gasteiger partial charge in [-0.05, 0) is 133 Å². The number of benzene rings is 16. The fraction of sp³-hybridized carbons (Fsp3) is 0. The largest absolute Gasteiger partial charge is 0.437 e. The van der Waals surface area contributed by atoms with E-state index in [1.54, 1.807) is 11.3 Å². The first-order valence-electron chi connectivity index (χ1n) is 36.8. The topological polar surface area (TPSA) is 83.4 Å². The van der Waals surface area contributed by atoms with Gasteiger partial charge in [0, 0.05) is 96.6 Å². The Morgan fingerprint density at radius 1 is 0.241 bits per heavy atom. The minimum atomic E-state index is 0.517. The van der Waals surface area contributed by atoms with E-state index >= 15 is 0 Å². The first kappa shape index (κ1) is 57.1. The van der Waals surface area contributed by atoms with Gasteiger partial charge in [-0.2, -0.15) is 4.98 Å². The molecule has 10 heteroatoms. The Kier molecular flexibility index (Phi) is 11.0. The lowest BCUT2D eigenvalue weighted by Gasteiger charge is -2.11. The highest BCUT2D eigenvalue weighted by Crippen LogP contribution is 2.52. The van der Waals surface area contributed by atoms with Gasteiger partial charge in [-0.3, -0.25) is 9.13 Å². The highest BCUT2D eigenvalue weighted by Gasteiger charge is 2.31. The van der Waals surface area contributed by atoms with Crippen LogP contribution in [0.25, 0.3) is 251 Å². The lowest BCUT2D eigenvalue weighted by Crippen LogP contribution is -2.02. The molecule has 0 aliphatic carbocycles. The van der Waals surface area contributed by atoms with Crippen molar-refractivity contribution in [2.75, 3.05) is 0 Å². The highest BCUT2D eigenvalue weighted by atomic mass is 32.1. The molecular weight excluding hydrogens is 1340 g/mol. The molecule has 26 aromatic rings. The molecule has 0 spiro atoms. The summed E-state index contributed by atoms with van der Waals surface area (Å²) in [6.45, 7) is 0. The number of aromatic nitrogens is 8. The fourth-order valence-corrected chi connectivity index (χ4v) is 20.1. The zero-order valence-electron chi connectivity index (χ0n) is 57.4. The molecule has 10 heterocycles. The van der Waals surface area contributed by atoms with E-state index < -0.39 is 0 Å². The van der Waals surface area contributed by atoms with Gasteiger partial charge in [-0.1, -0.05) is 237 Å². The third-order valence-corrected chi connectivity index (χ3v) is 24.7. The molecular formula is C98H52N8OS. The predicted octanol–water partition coefficient (Wildman–Crippen LogP) is 26.2. The van der Waals surface area contributed by atoms with E-state index in [-0.39, 0.29) is 0 Å². The van der Waals surface area contributed by atoms with Crippen molar-refractivity contribution in [3.05, 3.63) is 315 Å². The molecule has 0 unspecified atom stereocenters. The van der Waals surface area contributed by atoms with Crippen LogP contribution in [0.1, 0.15) is 0 Å². The molecule has 0 amide bonds. The van der Waals surface area contributed by atoms with Crippen LogP contribution in [-0.2, 0) is 0 Å². The number of thiophene rings is 1. The first-order valence-corrected chi connectivity index (χ1v) is 37.6. The van der Waals surface area contributed by atoms with Gasteiger partial charge < -0.3 is 13.2 Å². The highest BCUT2D eigenvalue weighted by molar-refractivity contribution is 7.25. The van der Waals surface area contributed by atoms with Crippen LogP contribution >= 0.6 is 11.3 Å². The van der Waals surface area contributed by atoms with E-state index in [0.717, 1.165) is 120 Å². The standard InChI is InChI=1S/C98H52N8OS/c1-2-18-53(19-3-1)55-34-37-57(38-35-55)91-87-69-45-41-60(50-81(69)107-95(87)101-97(99-91)105-75-31-15-10-26-67(75)85-79(105)51-71-65-24-8-13-29-73(65)103-77-46-42-56-21-6-7-23-63(56)83(77)89(85)93(71)103)59-40-44-64-61(48-59)43-47-78-84(64)90-86-68-27-11-16-32-76(68)106(80(86)52-72-66-25-9-14-30-74(66)104(78)94(72)90)98-100-92(62-39-36-54-20-4-5-22-58(54)49-62)88-70-28-12-17-33-82(70)108-96(88)102-98/h1-52H. The van der Waals surface area contributed by atoms with Crippen LogP contribution in [-0.4, -0.2) is 37.9 Å². The van der Waals surface area contributed by atoms with Crippen LogP contribution in [0.3, 0.4) is 0 Å². The Hall–Kier alpha value is -14.3. The van der Waals surface area contributed by atoms with Gasteiger partial charge in [-0.25, -0.2) is 15.0 Å². The summed E-state index contributed by atoms with van der Waals surface area (Å²) in [4.78, 5) is 23.7. The molecule has 0 aliphatic heterocycles. The SMILES string of the molecule is c1ccc(-c2ccc(-c3nc(-n4c5ccccc5c5c6c7c8ccccc8ccc7n7c8ccccc8c(cc54)c67)nc4oc5cc(-c6ccc7c(ccc8c7c7c9c%10ccccc%10n(-c%10nc(-c%11ccc%12ccccc%12c%11)c%11c(n%10)sc%10ccccc%10%11)c9cc9c%10ccccc%10n8c97)c6)ccc5c34)cc2)cc1. The second kappa shape index (κ2) is 20.8. The number of hydrogen-bond acceptors (Lipinski definition) is 6. The van der Waals surface area contributed by atoms with Gasteiger partial charge in [0.2, 0.25) is 17.6 Å². The summed E-state index contributed by atoms with van der Waals surface area (Å²) in [5.74, 6) is 1.18. The minimum Gasteiger partial charge on any atom is -0.437 e. The monoisotopic (exact) mass is 1390 g/mol. The van der Waals surface area contributed by atoms with E-state index in [2.05, 4.69) is 333 Å². The summed E-state index contributed by atoms with van der Waals surface area (Å²) in [5, 5.41) is 25.5. The van der Waals surface area contributed by atoms with Crippen molar-refractivity contribution in [3.63, 3.8) is 0 Å². The van der Waals surface area contributed by atoms with E-state index in [9.17, 15) is 0 Å². The smallest absolute Gasteiger partial charge is 0.238 e. The average molecular weight is 1390 g/mol. The van der Waals surface area contributed by atoms with E-state index in [1.807, 2.05) is 0 Å². The molecule has 496 valence electrons. The Morgan fingerprint density at radius 2 is 0.704 bits per heavy atom. The maximum atomic E-state index is 7.25. The maximum absolute atomic E-state index is 7.25. The van der Waals surface area contributed by atoms with E-state index in [1.165, 1.54) is 113 Å². The number of fused-ring (bicyclic) bond motifs is 31. The number of nitrogens with zero attached hydrogens (tertiary/aromatic N) is 8. The van der Waals surface area contributed by atoms with Gasteiger partial charge in [-0.15, -0.1) is 11.3 Å². The average Bonchev–Trinajstić information content (AvgIpc) is 1.51. The molecule has 0 fully saturated rings. The van der Waals surface area contributed by atoms with Crippen molar-refractivity contribution in [2.24, 2.45) is 0 Å². The third kappa shape index (κ3) is 7.47. The molecule has 108 heavy (non-hydrogen) atoms. The van der Waals surface area contributed by atoms with Gasteiger partial charge in [0.15, 0.2) is 0 Å². The van der Waals surface area contributed by atoms with Crippen LogP contribution in [0, 0.1) is 0 Å². The lowest BCUT2D eigenvalue weighted by atomic mass is 9.95. The number of hydrogen-bond donors (Lipinski definition) is 0. The Morgan fingerprint density at radius 3 is 1.38 bits per heavy atom. The van der Waals surface area contributed by atoms with Crippen molar-refractivity contribution in [2.45, 2.75) is 0 Å². The van der Waals surface area contributed by atoms with Crippen LogP contribution in [0.2, 0.25) is 0 Å². The summed E-state index contributed by atoms with van der Waals surface area (Å²) < 4.78 is 18.1. The number of furan rings is 1. The molecule has 0 saturated heterocycles. The quantitative estimate of drug-likeness (QED) is 0.166. The minimum absolute atomic E-state index is 0.517. The molecule has 16 aromatic carbocycles. The predicted molar refractivity (Wildman–Crippen MR) is 450 cm³/mol. The van der Waals surface area contributed by atoms with Gasteiger partial charge >= 0.3 is 0 Å². The molecule has 0 radical (unpaired) electrons. The van der Waals surface area contributed by atoms with Gasteiger partial charge in [0.05, 0.1) is 71.9 Å². The fourth-order valence-electron chi connectivity index (χ4n) is 19.1. The zero-order valence-corrected chi connectivity index (χ0v) is 58.2. The van der Waals surface area contributed by atoms with Gasteiger partial charge in [0.1, 0.15) is 10.4 Å². The number of rotatable bonds is 6. The lowest BCUT2D eigenvalue weighted by molar-refractivity contribution is 0.651.